The van der Waals surface area contributed by atoms with Gasteiger partial charge in [-0.1, -0.05) is 23.7 Å². The van der Waals surface area contributed by atoms with Gasteiger partial charge in [-0.3, -0.25) is 13.9 Å². The fourth-order valence-electron chi connectivity index (χ4n) is 1.94. The molecule has 2 aromatic rings. The molecule has 2 rings (SSSR count). The number of carboxylic acids is 1. The molecule has 0 saturated heterocycles. The fraction of sp³-hybridized carbons (Fsp3) is 0.167. The van der Waals surface area contributed by atoms with E-state index >= 15 is 0 Å². The lowest BCUT2D eigenvalue weighted by Crippen LogP contribution is -2.13. The standard InChI is InChI=1S/C12H11ClN2O5S/c1-7-10(6-11(16)17)15(12(14-7)21(18,19)20)9-5-3-2-4-8(9)13/h2-5H,6H2,1H3,(H,16,17)(H,18,19,20). The summed E-state index contributed by atoms with van der Waals surface area (Å²) in [4.78, 5) is 14.7. The zero-order chi connectivity index (χ0) is 15.8. The predicted molar refractivity (Wildman–Crippen MR) is 74.5 cm³/mol. The zero-order valence-corrected chi connectivity index (χ0v) is 12.4. The Morgan fingerprint density at radius 2 is 2.00 bits per heavy atom. The van der Waals surface area contributed by atoms with Crippen molar-refractivity contribution in [2.75, 3.05) is 0 Å². The molecule has 0 unspecified atom stereocenters. The first-order valence-electron chi connectivity index (χ1n) is 5.74. The van der Waals surface area contributed by atoms with E-state index in [9.17, 15) is 17.8 Å². The summed E-state index contributed by atoms with van der Waals surface area (Å²) >= 11 is 6.03. The molecule has 1 aromatic heterocycles. The van der Waals surface area contributed by atoms with Gasteiger partial charge in [-0.15, -0.1) is 0 Å². The summed E-state index contributed by atoms with van der Waals surface area (Å²) in [5.41, 5.74) is 0.539. The molecule has 1 heterocycles. The van der Waals surface area contributed by atoms with Gasteiger partial charge in [0.15, 0.2) is 0 Å². The van der Waals surface area contributed by atoms with Gasteiger partial charge in [-0.2, -0.15) is 8.42 Å². The molecule has 7 nitrogen and oxygen atoms in total. The van der Waals surface area contributed by atoms with Crippen molar-refractivity contribution in [3.63, 3.8) is 0 Å². The topological polar surface area (TPSA) is 109 Å². The summed E-state index contributed by atoms with van der Waals surface area (Å²) in [7, 11) is -4.64. The number of benzene rings is 1. The molecule has 0 aliphatic rings. The van der Waals surface area contributed by atoms with Crippen LogP contribution >= 0.6 is 11.6 Å². The maximum Gasteiger partial charge on any atom is 0.329 e. The Labute approximate surface area is 125 Å². The molecule has 0 radical (unpaired) electrons. The molecule has 0 spiro atoms. The van der Waals surface area contributed by atoms with Crippen molar-refractivity contribution < 1.29 is 22.9 Å². The summed E-state index contributed by atoms with van der Waals surface area (Å²) in [6.07, 6.45) is -0.459. The SMILES string of the molecule is Cc1nc(S(=O)(=O)O)n(-c2ccccc2Cl)c1CC(=O)O. The quantitative estimate of drug-likeness (QED) is 0.826. The van der Waals surface area contributed by atoms with Gasteiger partial charge in [-0.25, -0.2) is 4.98 Å². The third-order valence-electron chi connectivity index (χ3n) is 2.78. The highest BCUT2D eigenvalue weighted by Crippen LogP contribution is 2.27. The second kappa shape index (κ2) is 5.47. The van der Waals surface area contributed by atoms with Gasteiger partial charge >= 0.3 is 16.1 Å². The van der Waals surface area contributed by atoms with Crippen LogP contribution < -0.4 is 0 Å². The maximum absolute atomic E-state index is 11.5. The van der Waals surface area contributed by atoms with Crippen molar-refractivity contribution in [3.8, 4) is 5.69 Å². The molecule has 2 N–H and O–H groups in total. The third-order valence-corrected chi connectivity index (χ3v) is 3.84. The van der Waals surface area contributed by atoms with Crippen LogP contribution in [-0.2, 0) is 21.3 Å². The second-order valence-corrected chi connectivity index (χ2v) is 5.98. The highest BCUT2D eigenvalue weighted by Gasteiger charge is 2.26. The minimum absolute atomic E-state index is 0.128. The molecule has 0 fully saturated rings. The molecule has 112 valence electrons. The monoisotopic (exact) mass is 330 g/mol. The number of hydrogen-bond donors (Lipinski definition) is 2. The first-order valence-corrected chi connectivity index (χ1v) is 7.56. The van der Waals surface area contributed by atoms with Gasteiger partial charge < -0.3 is 5.11 Å². The Morgan fingerprint density at radius 1 is 1.38 bits per heavy atom. The van der Waals surface area contributed by atoms with Crippen LogP contribution in [0.3, 0.4) is 0 Å². The van der Waals surface area contributed by atoms with Crippen LogP contribution in [0.2, 0.25) is 5.02 Å². The number of aliphatic carboxylic acids is 1. The van der Waals surface area contributed by atoms with Crippen LogP contribution in [0.15, 0.2) is 29.4 Å². The van der Waals surface area contributed by atoms with Crippen molar-refractivity contribution in [3.05, 3.63) is 40.7 Å². The van der Waals surface area contributed by atoms with Crippen molar-refractivity contribution in [1.82, 2.24) is 9.55 Å². The summed E-state index contributed by atoms with van der Waals surface area (Å²) < 4.78 is 33.3. The number of rotatable bonds is 4. The van der Waals surface area contributed by atoms with Gasteiger partial charge in [0.2, 0.25) is 0 Å². The molecule has 0 saturated carbocycles. The first kappa shape index (κ1) is 15.5. The summed E-state index contributed by atoms with van der Waals surface area (Å²) in [5, 5.41) is 8.50. The van der Waals surface area contributed by atoms with Crippen LogP contribution in [0.5, 0.6) is 0 Å². The number of aromatic nitrogens is 2. The van der Waals surface area contributed by atoms with Crippen molar-refractivity contribution >= 4 is 27.7 Å². The number of nitrogens with zero attached hydrogens (tertiary/aromatic N) is 2. The van der Waals surface area contributed by atoms with Crippen LogP contribution in [0.25, 0.3) is 5.69 Å². The van der Waals surface area contributed by atoms with Crippen molar-refractivity contribution in [2.45, 2.75) is 18.5 Å². The molecular weight excluding hydrogens is 320 g/mol. The number of hydrogen-bond acceptors (Lipinski definition) is 4. The Kier molecular flexibility index (Phi) is 4.04. The molecule has 0 aliphatic heterocycles. The number of halogens is 1. The lowest BCUT2D eigenvalue weighted by molar-refractivity contribution is -0.136. The Balaban J connectivity index is 2.83. The predicted octanol–water partition coefficient (Wildman–Crippen LogP) is 1.71. The fourth-order valence-corrected chi connectivity index (χ4v) is 2.85. The van der Waals surface area contributed by atoms with Gasteiger partial charge in [-0.05, 0) is 19.1 Å². The summed E-state index contributed by atoms with van der Waals surface area (Å²) in [6, 6.07) is 6.27. The zero-order valence-electron chi connectivity index (χ0n) is 10.8. The molecule has 0 atom stereocenters. The minimum Gasteiger partial charge on any atom is -0.481 e. The van der Waals surface area contributed by atoms with Crippen molar-refractivity contribution in [2.24, 2.45) is 0 Å². The van der Waals surface area contributed by atoms with E-state index in [1.807, 2.05) is 0 Å². The van der Waals surface area contributed by atoms with E-state index in [2.05, 4.69) is 4.98 Å². The average Bonchev–Trinajstić information content (AvgIpc) is 2.67. The number of carboxylic acid groups (broad SMARTS) is 1. The number of carbonyl (C=O) groups is 1. The van der Waals surface area contributed by atoms with Crippen LogP contribution in [-0.4, -0.2) is 33.6 Å². The van der Waals surface area contributed by atoms with Crippen LogP contribution in [0.4, 0.5) is 0 Å². The van der Waals surface area contributed by atoms with E-state index < -0.39 is 27.7 Å². The van der Waals surface area contributed by atoms with Gasteiger partial charge in [0.05, 0.1) is 28.5 Å². The molecular formula is C12H11ClN2O5S. The number of imidazole rings is 1. The van der Waals surface area contributed by atoms with Gasteiger partial charge in [0, 0.05) is 0 Å². The Hall–Kier alpha value is -1.90. The minimum atomic E-state index is -4.64. The van der Waals surface area contributed by atoms with Gasteiger partial charge in [0.25, 0.3) is 5.16 Å². The molecule has 0 bridgehead atoms. The lowest BCUT2D eigenvalue weighted by Gasteiger charge is -2.11. The normalized spacial score (nSPS) is 11.6. The average molecular weight is 331 g/mol. The Morgan fingerprint density at radius 3 is 2.52 bits per heavy atom. The number of aryl methyl sites for hydroxylation is 1. The smallest absolute Gasteiger partial charge is 0.329 e. The van der Waals surface area contributed by atoms with E-state index in [-0.39, 0.29) is 22.1 Å². The second-order valence-electron chi connectivity index (χ2n) is 4.26. The lowest BCUT2D eigenvalue weighted by atomic mass is 10.2. The highest BCUT2D eigenvalue weighted by atomic mass is 35.5. The van der Waals surface area contributed by atoms with Gasteiger partial charge in [0.1, 0.15) is 0 Å². The molecule has 21 heavy (non-hydrogen) atoms. The summed E-state index contributed by atoms with van der Waals surface area (Å²) in [6.45, 7) is 1.46. The number of para-hydroxylation sites is 1. The van der Waals surface area contributed by atoms with Crippen LogP contribution in [0.1, 0.15) is 11.4 Å². The van der Waals surface area contributed by atoms with E-state index in [1.165, 1.54) is 19.1 Å². The third kappa shape index (κ3) is 3.07. The molecule has 1 aromatic carbocycles. The largest absolute Gasteiger partial charge is 0.481 e. The first-order chi connectivity index (χ1) is 9.71. The highest BCUT2D eigenvalue weighted by molar-refractivity contribution is 7.85. The van der Waals surface area contributed by atoms with Crippen LogP contribution in [0, 0.1) is 6.92 Å². The van der Waals surface area contributed by atoms with E-state index in [1.54, 1.807) is 12.1 Å². The van der Waals surface area contributed by atoms with E-state index in [0.29, 0.717) is 0 Å². The summed E-state index contributed by atoms with van der Waals surface area (Å²) in [5.74, 6) is -1.16. The maximum atomic E-state index is 11.5. The molecule has 0 amide bonds. The Bertz CT molecular complexity index is 813. The van der Waals surface area contributed by atoms with Crippen molar-refractivity contribution in [1.29, 1.82) is 0 Å². The van der Waals surface area contributed by atoms with E-state index in [0.717, 1.165) is 4.57 Å². The molecule has 0 aliphatic carbocycles. The molecule has 9 heteroatoms. The van der Waals surface area contributed by atoms with E-state index in [4.69, 9.17) is 16.7 Å².